The lowest BCUT2D eigenvalue weighted by Gasteiger charge is -2.40. The van der Waals surface area contributed by atoms with Gasteiger partial charge in [0.2, 0.25) is 0 Å². The maximum absolute atomic E-state index is 3.92. The van der Waals surface area contributed by atoms with Gasteiger partial charge in [0.1, 0.15) is 0 Å². The molecule has 0 aromatic rings. The maximum Gasteiger partial charge on any atom is 0.0142 e. The fraction of sp³-hybridized carbons (Fsp3) is 0.667. The van der Waals surface area contributed by atoms with Crippen molar-refractivity contribution in [3.63, 3.8) is 0 Å². The highest BCUT2D eigenvalue weighted by Crippen LogP contribution is 2.43. The molecule has 0 fully saturated rings. The quantitative estimate of drug-likeness (QED) is 0.664. The third-order valence-electron chi connectivity index (χ3n) is 2.54. The van der Waals surface area contributed by atoms with Crippen molar-refractivity contribution in [2.24, 2.45) is 0 Å². The Bertz CT molecular complexity index is 182. The average molecular weight is 230 g/mol. The minimum Gasteiger partial charge on any atom is -0.260 e. The van der Waals surface area contributed by atoms with Crippen molar-refractivity contribution in [3.05, 3.63) is 24.0 Å². The second-order valence-corrected chi connectivity index (χ2v) is 6.45. The van der Waals surface area contributed by atoms with Crippen molar-refractivity contribution in [3.8, 4) is 0 Å². The first-order valence-corrected chi connectivity index (χ1v) is 7.42. The summed E-state index contributed by atoms with van der Waals surface area (Å²) in [5, 5.41) is 3.94. The molecule has 2 nitrogen and oxygen atoms in total. The van der Waals surface area contributed by atoms with Crippen LogP contribution in [0, 0.1) is 0 Å². The first-order valence-electron chi connectivity index (χ1n) is 5.66. The van der Waals surface area contributed by atoms with Crippen LogP contribution < -0.4 is 9.44 Å². The van der Waals surface area contributed by atoms with Crippen molar-refractivity contribution in [1.29, 1.82) is 0 Å². The zero-order chi connectivity index (χ0) is 11.9. The van der Waals surface area contributed by atoms with Gasteiger partial charge in [-0.3, -0.25) is 9.44 Å². The molecular formula is C12H26N2S. The fourth-order valence-electron chi connectivity index (χ4n) is 1.13. The van der Waals surface area contributed by atoms with Gasteiger partial charge in [0.25, 0.3) is 0 Å². The Hall–Kier alpha value is -0.250. The summed E-state index contributed by atoms with van der Waals surface area (Å²) < 4.78 is 7.16. The summed E-state index contributed by atoms with van der Waals surface area (Å²) in [6.45, 7) is 16.6. The van der Waals surface area contributed by atoms with Gasteiger partial charge in [0.15, 0.2) is 0 Å². The summed E-state index contributed by atoms with van der Waals surface area (Å²) in [4.78, 5) is 0. The Labute approximate surface area is 96.8 Å². The smallest absolute Gasteiger partial charge is 0.0142 e. The minimum absolute atomic E-state index is 0.479. The molecule has 3 heteroatoms. The van der Waals surface area contributed by atoms with E-state index in [4.69, 9.17) is 0 Å². The van der Waals surface area contributed by atoms with E-state index >= 15 is 0 Å². The number of rotatable bonds is 8. The number of nitrogens with one attached hydrogen (secondary N) is 2. The molecule has 2 atom stereocenters. The largest absolute Gasteiger partial charge is 0.260 e. The highest BCUT2D eigenvalue weighted by Gasteiger charge is 2.19. The van der Waals surface area contributed by atoms with Crippen LogP contribution in [0.15, 0.2) is 24.0 Å². The zero-order valence-corrected chi connectivity index (χ0v) is 11.4. The summed E-state index contributed by atoms with van der Waals surface area (Å²) in [5.41, 5.74) is 0. The maximum atomic E-state index is 3.92. The second-order valence-electron chi connectivity index (χ2n) is 3.90. The molecule has 0 aliphatic carbocycles. The summed E-state index contributed by atoms with van der Waals surface area (Å²) in [6.07, 6.45) is 2.22. The van der Waals surface area contributed by atoms with E-state index in [1.807, 2.05) is 10.8 Å². The van der Waals surface area contributed by atoms with Crippen LogP contribution in [-0.2, 0) is 0 Å². The summed E-state index contributed by atoms with van der Waals surface area (Å²) >= 11 is 0. The Balaban J connectivity index is 4.56. The minimum atomic E-state index is -1.27. The second kappa shape index (κ2) is 7.09. The van der Waals surface area contributed by atoms with Gasteiger partial charge in [0, 0.05) is 12.1 Å². The molecule has 0 aliphatic rings. The fourth-order valence-corrected chi connectivity index (χ4v) is 3.38. The SMILES string of the molecule is C=CS(C=C)(NC(C)CC)NC(C)CC. The Morgan fingerprint density at radius 1 is 1.00 bits per heavy atom. The number of hydrogen-bond acceptors (Lipinski definition) is 2. The molecule has 15 heavy (non-hydrogen) atoms. The lowest BCUT2D eigenvalue weighted by Crippen LogP contribution is -2.38. The van der Waals surface area contributed by atoms with E-state index in [0.29, 0.717) is 12.1 Å². The van der Waals surface area contributed by atoms with Gasteiger partial charge in [0.05, 0.1) is 0 Å². The predicted octanol–water partition coefficient (Wildman–Crippen LogP) is 3.68. The van der Waals surface area contributed by atoms with Crippen LogP contribution in [0.5, 0.6) is 0 Å². The Morgan fingerprint density at radius 3 is 1.53 bits per heavy atom. The van der Waals surface area contributed by atoms with Gasteiger partial charge < -0.3 is 0 Å². The Kier molecular flexibility index (Phi) is 6.98. The van der Waals surface area contributed by atoms with Crippen molar-refractivity contribution in [2.45, 2.75) is 52.6 Å². The molecule has 0 aliphatic heterocycles. The summed E-state index contributed by atoms with van der Waals surface area (Å²) in [6, 6.07) is 0.958. The van der Waals surface area contributed by atoms with Crippen LogP contribution in [0.3, 0.4) is 0 Å². The van der Waals surface area contributed by atoms with Crippen LogP contribution in [0.25, 0.3) is 0 Å². The van der Waals surface area contributed by atoms with E-state index in [-0.39, 0.29) is 0 Å². The normalized spacial score (nSPS) is 16.8. The van der Waals surface area contributed by atoms with Crippen LogP contribution in [-0.4, -0.2) is 12.1 Å². The molecule has 0 aromatic heterocycles. The monoisotopic (exact) mass is 230 g/mol. The number of hydrogen-bond donors (Lipinski definition) is 2. The van der Waals surface area contributed by atoms with E-state index in [9.17, 15) is 0 Å². The zero-order valence-electron chi connectivity index (χ0n) is 10.5. The van der Waals surface area contributed by atoms with Crippen molar-refractivity contribution >= 4 is 10.4 Å². The van der Waals surface area contributed by atoms with Crippen LogP contribution in [0.2, 0.25) is 0 Å². The molecule has 2 N–H and O–H groups in total. The lowest BCUT2D eigenvalue weighted by molar-refractivity contribution is 0.632. The standard InChI is InChI=1S/C12H26N2S/c1-7-11(5)13-15(9-3,10-4)14-12(6)8-2/h9-14H,3-4,7-8H2,1-2,5-6H3. The van der Waals surface area contributed by atoms with Crippen molar-refractivity contribution < 1.29 is 0 Å². The van der Waals surface area contributed by atoms with Gasteiger partial charge in [-0.2, -0.15) is 0 Å². The molecule has 0 saturated carbocycles. The lowest BCUT2D eigenvalue weighted by atomic mass is 10.3. The third-order valence-corrected chi connectivity index (χ3v) is 5.18. The van der Waals surface area contributed by atoms with Gasteiger partial charge in [-0.1, -0.05) is 37.4 Å². The molecular weight excluding hydrogens is 204 g/mol. The van der Waals surface area contributed by atoms with Gasteiger partial charge in [-0.25, -0.2) is 0 Å². The molecule has 0 rings (SSSR count). The molecule has 0 aromatic carbocycles. The average Bonchev–Trinajstić information content (AvgIpc) is 2.27. The van der Waals surface area contributed by atoms with Crippen LogP contribution in [0.4, 0.5) is 0 Å². The van der Waals surface area contributed by atoms with E-state index < -0.39 is 10.4 Å². The molecule has 90 valence electrons. The first kappa shape index (κ1) is 14.8. The van der Waals surface area contributed by atoms with Crippen LogP contribution >= 0.6 is 10.4 Å². The van der Waals surface area contributed by atoms with E-state index in [0.717, 1.165) is 12.8 Å². The van der Waals surface area contributed by atoms with Gasteiger partial charge >= 0.3 is 0 Å². The van der Waals surface area contributed by atoms with Crippen LogP contribution in [0.1, 0.15) is 40.5 Å². The molecule has 0 spiro atoms. The molecule has 0 amide bonds. The van der Waals surface area contributed by atoms with Gasteiger partial charge in [-0.15, -0.1) is 0 Å². The first-order chi connectivity index (χ1) is 7.03. The summed E-state index contributed by atoms with van der Waals surface area (Å²) in [7, 11) is -1.27. The molecule has 2 unspecified atom stereocenters. The highest BCUT2D eigenvalue weighted by molar-refractivity contribution is 8.35. The highest BCUT2D eigenvalue weighted by atomic mass is 32.3. The summed E-state index contributed by atoms with van der Waals surface area (Å²) in [5.74, 6) is 0. The molecule has 0 saturated heterocycles. The molecule has 0 bridgehead atoms. The van der Waals surface area contributed by atoms with E-state index in [1.54, 1.807) is 0 Å². The van der Waals surface area contributed by atoms with E-state index in [2.05, 4.69) is 50.3 Å². The van der Waals surface area contributed by atoms with Crippen molar-refractivity contribution in [1.82, 2.24) is 9.44 Å². The topological polar surface area (TPSA) is 24.1 Å². The third kappa shape index (κ3) is 4.87. The van der Waals surface area contributed by atoms with E-state index in [1.165, 1.54) is 0 Å². The predicted molar refractivity (Wildman–Crippen MR) is 73.8 cm³/mol. The van der Waals surface area contributed by atoms with Gasteiger partial charge in [-0.05, 0) is 37.5 Å². The molecule has 0 heterocycles. The molecule has 0 radical (unpaired) electrons. The Morgan fingerprint density at radius 2 is 1.33 bits per heavy atom. The van der Waals surface area contributed by atoms with Crippen molar-refractivity contribution in [2.75, 3.05) is 0 Å².